The monoisotopic (exact) mass is 266 g/mol. The molecule has 1 fully saturated rings. The summed E-state index contributed by atoms with van der Waals surface area (Å²) in [5.74, 6) is 3.42. The summed E-state index contributed by atoms with van der Waals surface area (Å²) in [6.45, 7) is 3.38. The highest BCUT2D eigenvalue weighted by Gasteiger charge is 2.22. The van der Waals surface area contributed by atoms with Crippen molar-refractivity contribution in [1.82, 2.24) is 9.97 Å². The second-order valence-electron chi connectivity index (χ2n) is 4.92. The summed E-state index contributed by atoms with van der Waals surface area (Å²) in [6.07, 6.45) is 6.08. The molecule has 18 heavy (non-hydrogen) atoms. The van der Waals surface area contributed by atoms with Crippen LogP contribution in [-0.2, 0) is 0 Å². The molecule has 1 aliphatic rings. The SMILES string of the molecule is CNc1cc(NCC2CCCC2C)nc(SC)n1. The smallest absolute Gasteiger partial charge is 0.191 e. The van der Waals surface area contributed by atoms with E-state index in [4.69, 9.17) is 0 Å². The third kappa shape index (κ3) is 3.28. The van der Waals surface area contributed by atoms with Gasteiger partial charge in [-0.15, -0.1) is 0 Å². The Hall–Kier alpha value is -0.970. The maximum Gasteiger partial charge on any atom is 0.191 e. The molecule has 0 amide bonds. The Morgan fingerprint density at radius 2 is 2.11 bits per heavy atom. The van der Waals surface area contributed by atoms with Crippen molar-refractivity contribution >= 4 is 23.4 Å². The lowest BCUT2D eigenvalue weighted by Crippen LogP contribution is -2.17. The van der Waals surface area contributed by atoms with Crippen LogP contribution in [0.5, 0.6) is 0 Å². The molecule has 1 aromatic heterocycles. The highest BCUT2D eigenvalue weighted by Crippen LogP contribution is 2.31. The van der Waals surface area contributed by atoms with Crippen LogP contribution in [0.15, 0.2) is 11.2 Å². The average molecular weight is 266 g/mol. The molecule has 0 saturated heterocycles. The van der Waals surface area contributed by atoms with Crippen molar-refractivity contribution in [2.75, 3.05) is 30.5 Å². The van der Waals surface area contributed by atoms with E-state index in [-0.39, 0.29) is 0 Å². The highest BCUT2D eigenvalue weighted by atomic mass is 32.2. The van der Waals surface area contributed by atoms with E-state index in [1.165, 1.54) is 19.3 Å². The fraction of sp³-hybridized carbons (Fsp3) is 0.692. The molecule has 1 aliphatic carbocycles. The summed E-state index contributed by atoms with van der Waals surface area (Å²) >= 11 is 1.57. The van der Waals surface area contributed by atoms with E-state index in [9.17, 15) is 0 Å². The van der Waals surface area contributed by atoms with E-state index in [1.54, 1.807) is 11.8 Å². The third-order valence-corrected chi connectivity index (χ3v) is 4.28. The van der Waals surface area contributed by atoms with Crippen LogP contribution >= 0.6 is 11.8 Å². The minimum Gasteiger partial charge on any atom is -0.373 e. The van der Waals surface area contributed by atoms with Crippen LogP contribution in [0.2, 0.25) is 0 Å². The van der Waals surface area contributed by atoms with E-state index in [0.29, 0.717) is 0 Å². The summed E-state index contributed by atoms with van der Waals surface area (Å²) in [6, 6.07) is 1.97. The van der Waals surface area contributed by atoms with Crippen molar-refractivity contribution in [2.45, 2.75) is 31.3 Å². The number of hydrogen-bond acceptors (Lipinski definition) is 5. The molecule has 2 N–H and O–H groups in total. The van der Waals surface area contributed by atoms with Crippen LogP contribution in [0, 0.1) is 11.8 Å². The Kier molecular flexibility index (Phi) is 4.69. The number of nitrogens with zero attached hydrogens (tertiary/aromatic N) is 2. The van der Waals surface area contributed by atoms with E-state index < -0.39 is 0 Å². The van der Waals surface area contributed by atoms with Gasteiger partial charge in [0.2, 0.25) is 0 Å². The summed E-state index contributed by atoms with van der Waals surface area (Å²) in [5.41, 5.74) is 0. The number of aromatic nitrogens is 2. The molecule has 2 unspecified atom stereocenters. The normalized spacial score (nSPS) is 23.1. The average Bonchev–Trinajstić information content (AvgIpc) is 2.81. The maximum absolute atomic E-state index is 4.49. The predicted octanol–water partition coefficient (Wildman–Crippen LogP) is 3.09. The molecule has 5 heteroatoms. The summed E-state index contributed by atoms with van der Waals surface area (Å²) in [5, 5.41) is 7.35. The zero-order chi connectivity index (χ0) is 13.0. The highest BCUT2D eigenvalue weighted by molar-refractivity contribution is 7.98. The Morgan fingerprint density at radius 3 is 2.72 bits per heavy atom. The maximum atomic E-state index is 4.49. The Bertz CT molecular complexity index is 374. The summed E-state index contributed by atoms with van der Waals surface area (Å²) in [7, 11) is 1.88. The fourth-order valence-corrected chi connectivity index (χ4v) is 2.88. The topological polar surface area (TPSA) is 49.8 Å². The molecular weight excluding hydrogens is 244 g/mol. The van der Waals surface area contributed by atoms with Gasteiger partial charge in [0.15, 0.2) is 5.16 Å². The van der Waals surface area contributed by atoms with Gasteiger partial charge in [-0.05, 0) is 24.5 Å². The minimum absolute atomic E-state index is 0.788. The number of hydrogen-bond donors (Lipinski definition) is 2. The first kappa shape index (κ1) is 13.5. The largest absolute Gasteiger partial charge is 0.373 e. The first-order valence-corrected chi connectivity index (χ1v) is 7.80. The lowest BCUT2D eigenvalue weighted by Gasteiger charge is -2.16. The molecule has 100 valence electrons. The molecule has 0 radical (unpaired) electrons. The molecule has 0 aromatic carbocycles. The van der Waals surface area contributed by atoms with E-state index in [0.717, 1.165) is 35.2 Å². The van der Waals surface area contributed by atoms with Gasteiger partial charge < -0.3 is 10.6 Å². The van der Waals surface area contributed by atoms with Gasteiger partial charge in [0.1, 0.15) is 11.6 Å². The molecule has 1 aromatic rings. The molecular formula is C13H22N4S. The van der Waals surface area contributed by atoms with Crippen molar-refractivity contribution in [1.29, 1.82) is 0 Å². The first-order chi connectivity index (χ1) is 8.72. The number of thioether (sulfide) groups is 1. The van der Waals surface area contributed by atoms with Crippen LogP contribution in [0.3, 0.4) is 0 Å². The summed E-state index contributed by atoms with van der Waals surface area (Å²) < 4.78 is 0. The fourth-order valence-electron chi connectivity index (χ4n) is 2.50. The molecule has 1 heterocycles. The molecule has 2 rings (SSSR count). The van der Waals surface area contributed by atoms with E-state index >= 15 is 0 Å². The molecule has 4 nitrogen and oxygen atoms in total. The Morgan fingerprint density at radius 1 is 1.33 bits per heavy atom. The second-order valence-corrected chi connectivity index (χ2v) is 5.70. The second kappa shape index (κ2) is 6.27. The van der Waals surface area contributed by atoms with Gasteiger partial charge >= 0.3 is 0 Å². The summed E-state index contributed by atoms with van der Waals surface area (Å²) in [4.78, 5) is 8.85. The van der Waals surface area contributed by atoms with Crippen molar-refractivity contribution in [3.8, 4) is 0 Å². The van der Waals surface area contributed by atoms with Gasteiger partial charge in [0.05, 0.1) is 0 Å². The minimum atomic E-state index is 0.788. The van der Waals surface area contributed by atoms with Crippen molar-refractivity contribution < 1.29 is 0 Å². The first-order valence-electron chi connectivity index (χ1n) is 6.57. The van der Waals surface area contributed by atoms with Crippen LogP contribution in [0.25, 0.3) is 0 Å². The molecule has 1 saturated carbocycles. The third-order valence-electron chi connectivity index (χ3n) is 3.73. The van der Waals surface area contributed by atoms with Gasteiger partial charge in [-0.25, -0.2) is 9.97 Å². The van der Waals surface area contributed by atoms with Gasteiger partial charge in [0.25, 0.3) is 0 Å². The molecule has 0 spiro atoms. The van der Waals surface area contributed by atoms with Crippen LogP contribution in [-0.4, -0.2) is 29.8 Å². The van der Waals surface area contributed by atoms with Gasteiger partial charge in [-0.1, -0.05) is 31.5 Å². The lowest BCUT2D eigenvalue weighted by molar-refractivity contribution is 0.439. The number of rotatable bonds is 5. The Labute approximate surface area is 113 Å². The van der Waals surface area contributed by atoms with Gasteiger partial charge in [-0.2, -0.15) is 0 Å². The molecule has 0 bridgehead atoms. The van der Waals surface area contributed by atoms with Crippen LogP contribution in [0.4, 0.5) is 11.6 Å². The van der Waals surface area contributed by atoms with E-state index in [2.05, 4.69) is 27.5 Å². The van der Waals surface area contributed by atoms with Crippen molar-refractivity contribution in [3.63, 3.8) is 0 Å². The van der Waals surface area contributed by atoms with E-state index in [1.807, 2.05) is 19.4 Å². The zero-order valence-corrected chi connectivity index (χ0v) is 12.2. The lowest BCUT2D eigenvalue weighted by atomic mass is 9.98. The van der Waals surface area contributed by atoms with Gasteiger partial charge in [-0.3, -0.25) is 0 Å². The van der Waals surface area contributed by atoms with Crippen LogP contribution in [0.1, 0.15) is 26.2 Å². The Balaban J connectivity index is 1.99. The van der Waals surface area contributed by atoms with Crippen molar-refractivity contribution in [2.24, 2.45) is 11.8 Å². The quantitative estimate of drug-likeness (QED) is 0.633. The van der Waals surface area contributed by atoms with Crippen LogP contribution < -0.4 is 10.6 Å². The molecule has 0 aliphatic heterocycles. The standard InChI is InChI=1S/C13H22N4S/c1-9-5-4-6-10(9)8-15-12-7-11(14-2)16-13(17-12)18-3/h7,9-10H,4-6,8H2,1-3H3,(H2,14,15,16,17). The van der Waals surface area contributed by atoms with Gasteiger partial charge in [0, 0.05) is 19.7 Å². The number of anilines is 2. The zero-order valence-electron chi connectivity index (χ0n) is 11.4. The predicted molar refractivity (Wildman–Crippen MR) is 78.4 cm³/mol. The van der Waals surface area contributed by atoms with Crippen molar-refractivity contribution in [3.05, 3.63) is 6.07 Å². The molecule has 2 atom stereocenters. The number of nitrogens with one attached hydrogen (secondary N) is 2.